The number of ether oxygens (including phenoxy) is 2. The zero-order valence-electron chi connectivity index (χ0n) is 24.0. The van der Waals surface area contributed by atoms with Gasteiger partial charge in [0.15, 0.2) is 11.5 Å². The maximum Gasteiger partial charge on any atom is 0.264 e. The number of nitrogens with zero attached hydrogens (tertiary/aromatic N) is 2. The van der Waals surface area contributed by atoms with Gasteiger partial charge in [-0.25, -0.2) is 8.42 Å². The molecule has 1 aliphatic heterocycles. The van der Waals surface area contributed by atoms with Crippen LogP contribution in [0.4, 0.5) is 5.69 Å². The van der Waals surface area contributed by atoms with E-state index in [2.05, 4.69) is 5.32 Å². The van der Waals surface area contributed by atoms with Gasteiger partial charge in [-0.2, -0.15) is 0 Å². The maximum atomic E-state index is 14.1. The number of hydrogen-bond donors (Lipinski definition) is 1. The van der Waals surface area contributed by atoms with Crippen LogP contribution in [0.15, 0.2) is 77.7 Å². The highest BCUT2D eigenvalue weighted by molar-refractivity contribution is 7.92. The molecule has 0 bridgehead atoms. The molecule has 3 aromatic rings. The Balaban J connectivity index is 1.48. The third kappa shape index (κ3) is 6.70. The predicted molar refractivity (Wildman–Crippen MR) is 160 cm³/mol. The molecular weight excluding hydrogens is 554 g/mol. The number of hydrogen-bond acceptors (Lipinski definition) is 6. The van der Waals surface area contributed by atoms with E-state index in [-0.39, 0.29) is 29.1 Å². The van der Waals surface area contributed by atoms with E-state index in [1.54, 1.807) is 43.3 Å². The first-order chi connectivity index (χ1) is 20.2. The van der Waals surface area contributed by atoms with Gasteiger partial charge in [0.05, 0.1) is 10.6 Å². The molecule has 0 saturated heterocycles. The van der Waals surface area contributed by atoms with Gasteiger partial charge in [-0.3, -0.25) is 13.9 Å². The Labute approximate surface area is 247 Å². The zero-order valence-corrected chi connectivity index (χ0v) is 24.8. The molecule has 3 aromatic carbocycles. The Morgan fingerprint density at radius 1 is 0.929 bits per heavy atom. The summed E-state index contributed by atoms with van der Waals surface area (Å²) in [6.07, 6.45) is 3.95. The second-order valence-corrected chi connectivity index (χ2v) is 12.7. The lowest BCUT2D eigenvalue weighted by molar-refractivity contribution is -0.139. The molecule has 1 aliphatic carbocycles. The van der Waals surface area contributed by atoms with Crippen LogP contribution in [0.2, 0.25) is 0 Å². The molecule has 9 nitrogen and oxygen atoms in total. The number of anilines is 1. The van der Waals surface area contributed by atoms with E-state index >= 15 is 0 Å². The first kappa shape index (κ1) is 29.4. The van der Waals surface area contributed by atoms with Crippen molar-refractivity contribution in [3.8, 4) is 11.5 Å². The van der Waals surface area contributed by atoms with E-state index < -0.39 is 28.5 Å². The van der Waals surface area contributed by atoms with Crippen molar-refractivity contribution >= 4 is 27.5 Å². The Morgan fingerprint density at radius 2 is 1.60 bits per heavy atom. The van der Waals surface area contributed by atoms with Crippen molar-refractivity contribution in [3.05, 3.63) is 83.9 Å². The van der Waals surface area contributed by atoms with Crippen molar-refractivity contribution in [3.63, 3.8) is 0 Å². The van der Waals surface area contributed by atoms with E-state index in [1.165, 1.54) is 17.0 Å². The van der Waals surface area contributed by atoms with Crippen molar-refractivity contribution in [1.82, 2.24) is 10.2 Å². The lowest BCUT2D eigenvalue weighted by Crippen LogP contribution is -2.52. The summed E-state index contributed by atoms with van der Waals surface area (Å²) >= 11 is 0. The van der Waals surface area contributed by atoms with Gasteiger partial charge in [-0.15, -0.1) is 0 Å². The van der Waals surface area contributed by atoms with Gasteiger partial charge in [0.1, 0.15) is 25.8 Å². The number of amides is 2. The van der Waals surface area contributed by atoms with Crippen LogP contribution in [0.25, 0.3) is 0 Å². The van der Waals surface area contributed by atoms with E-state index in [1.807, 2.05) is 31.2 Å². The van der Waals surface area contributed by atoms with Gasteiger partial charge in [0, 0.05) is 18.7 Å². The molecule has 222 valence electrons. The summed E-state index contributed by atoms with van der Waals surface area (Å²) in [7, 11) is -4.16. The third-order valence-electron chi connectivity index (χ3n) is 7.77. The van der Waals surface area contributed by atoms with Gasteiger partial charge in [0.2, 0.25) is 11.8 Å². The fourth-order valence-corrected chi connectivity index (χ4v) is 6.73. The van der Waals surface area contributed by atoms with Crippen LogP contribution in [0, 0.1) is 6.92 Å². The van der Waals surface area contributed by atoms with Crippen LogP contribution in [-0.4, -0.2) is 57.0 Å². The number of benzene rings is 3. The molecule has 1 saturated carbocycles. The Bertz CT molecular complexity index is 1500. The normalized spacial score (nSPS) is 15.6. The summed E-state index contributed by atoms with van der Waals surface area (Å²) in [5, 5.41) is 3.09. The van der Waals surface area contributed by atoms with Gasteiger partial charge < -0.3 is 19.7 Å². The van der Waals surface area contributed by atoms with Crippen molar-refractivity contribution in [2.75, 3.05) is 24.1 Å². The SMILES string of the molecule is Cc1ccc(CN(C(=O)CN(c2ccc3c(c2)OCCO3)S(=O)(=O)c2ccccc2)C(C)C(=O)NC2CCCC2)cc1. The van der Waals surface area contributed by atoms with E-state index in [0.29, 0.717) is 24.7 Å². The zero-order chi connectivity index (χ0) is 29.7. The minimum atomic E-state index is -4.16. The van der Waals surface area contributed by atoms with E-state index in [4.69, 9.17) is 9.47 Å². The molecule has 2 amide bonds. The summed E-state index contributed by atoms with van der Waals surface area (Å²) in [6.45, 7) is 4.04. The van der Waals surface area contributed by atoms with Crippen LogP contribution >= 0.6 is 0 Å². The lowest BCUT2D eigenvalue weighted by Gasteiger charge is -2.32. The number of rotatable bonds is 10. The largest absolute Gasteiger partial charge is 0.486 e. The average molecular weight is 592 g/mol. The molecule has 2 aliphatic rings. The van der Waals surface area contributed by atoms with E-state index in [0.717, 1.165) is 41.1 Å². The molecule has 1 unspecified atom stereocenters. The fourth-order valence-electron chi connectivity index (χ4n) is 5.30. The summed E-state index contributed by atoms with van der Waals surface area (Å²) < 4.78 is 40.4. The molecule has 5 rings (SSSR count). The van der Waals surface area contributed by atoms with Gasteiger partial charge in [-0.05, 0) is 56.5 Å². The monoisotopic (exact) mass is 591 g/mol. The number of sulfonamides is 1. The van der Waals surface area contributed by atoms with Crippen LogP contribution in [-0.2, 0) is 26.2 Å². The summed E-state index contributed by atoms with van der Waals surface area (Å²) in [5.41, 5.74) is 2.17. The molecule has 0 spiro atoms. The number of nitrogens with one attached hydrogen (secondary N) is 1. The van der Waals surface area contributed by atoms with Crippen LogP contribution in [0.5, 0.6) is 11.5 Å². The van der Waals surface area contributed by atoms with Crippen LogP contribution < -0.4 is 19.1 Å². The highest BCUT2D eigenvalue weighted by Gasteiger charge is 2.34. The number of carbonyl (C=O) groups excluding carboxylic acids is 2. The molecule has 1 atom stereocenters. The van der Waals surface area contributed by atoms with Gasteiger partial charge in [0.25, 0.3) is 10.0 Å². The first-order valence-corrected chi connectivity index (χ1v) is 15.8. The van der Waals surface area contributed by atoms with Crippen LogP contribution in [0.3, 0.4) is 0 Å². The molecule has 42 heavy (non-hydrogen) atoms. The van der Waals surface area contributed by atoms with Crippen LogP contribution in [0.1, 0.15) is 43.7 Å². The first-order valence-electron chi connectivity index (χ1n) is 14.4. The molecular formula is C32H37N3O6S. The number of carbonyl (C=O) groups is 2. The number of aryl methyl sites for hydroxylation is 1. The molecule has 0 radical (unpaired) electrons. The molecule has 0 aromatic heterocycles. The summed E-state index contributed by atoms with van der Waals surface area (Å²) in [5.74, 6) is 0.157. The highest BCUT2D eigenvalue weighted by Crippen LogP contribution is 2.36. The predicted octanol–water partition coefficient (Wildman–Crippen LogP) is 4.44. The fraction of sp³-hybridized carbons (Fsp3) is 0.375. The lowest BCUT2D eigenvalue weighted by atomic mass is 10.1. The van der Waals surface area contributed by atoms with Crippen molar-refractivity contribution in [2.24, 2.45) is 0 Å². The summed E-state index contributed by atoms with van der Waals surface area (Å²) in [4.78, 5) is 29.0. The van der Waals surface area contributed by atoms with E-state index in [9.17, 15) is 18.0 Å². The second kappa shape index (κ2) is 12.9. The second-order valence-electron chi connectivity index (χ2n) is 10.8. The molecule has 1 heterocycles. The molecule has 10 heteroatoms. The molecule has 1 fully saturated rings. The minimum absolute atomic E-state index is 0.0461. The Morgan fingerprint density at radius 3 is 2.29 bits per heavy atom. The van der Waals surface area contributed by atoms with Crippen molar-refractivity contribution in [1.29, 1.82) is 0 Å². The number of fused-ring (bicyclic) bond motifs is 1. The van der Waals surface area contributed by atoms with Crippen molar-refractivity contribution < 1.29 is 27.5 Å². The standard InChI is InChI=1S/C32H37N3O6S/c1-23-12-14-25(15-13-23)21-34(24(2)32(37)33-26-8-6-7-9-26)31(36)22-35(42(38,39)28-10-4-3-5-11-28)27-16-17-29-30(20-27)41-19-18-40-29/h3-5,10-17,20,24,26H,6-9,18-19,21-22H2,1-2H3,(H,33,37). The summed E-state index contributed by atoms with van der Waals surface area (Å²) in [6, 6.07) is 19.8. The minimum Gasteiger partial charge on any atom is -0.486 e. The van der Waals surface area contributed by atoms with Crippen molar-refractivity contribution in [2.45, 2.75) is 63.1 Å². The quantitative estimate of drug-likeness (QED) is 0.374. The van der Waals surface area contributed by atoms with Gasteiger partial charge >= 0.3 is 0 Å². The highest BCUT2D eigenvalue weighted by atomic mass is 32.2. The Kier molecular flexibility index (Phi) is 9.01. The Hall–Kier alpha value is -4.05. The van der Waals surface area contributed by atoms with Gasteiger partial charge in [-0.1, -0.05) is 60.9 Å². The third-order valence-corrected chi connectivity index (χ3v) is 9.55. The molecule has 1 N–H and O–H groups in total. The smallest absolute Gasteiger partial charge is 0.264 e. The average Bonchev–Trinajstić information content (AvgIpc) is 3.52. The topological polar surface area (TPSA) is 105 Å². The maximum absolute atomic E-state index is 14.1.